The van der Waals surface area contributed by atoms with Crippen molar-refractivity contribution in [3.8, 4) is 0 Å². The van der Waals surface area contributed by atoms with Gasteiger partial charge in [-0.25, -0.2) is 8.42 Å². The first-order valence-corrected chi connectivity index (χ1v) is 22.0. The summed E-state index contributed by atoms with van der Waals surface area (Å²) in [5, 5.41) is 17.7. The molecule has 5 N–H and O–H groups in total. The van der Waals surface area contributed by atoms with Crippen LogP contribution in [0.15, 0.2) is 70.5 Å². The Morgan fingerprint density at radius 1 is 0.811 bits per heavy atom. The van der Waals surface area contributed by atoms with E-state index in [1.54, 1.807) is 48.5 Å². The monoisotopic (exact) mass is 743 g/mol. The number of nitrogens with two attached hydrogens (primary N) is 1. The molecule has 0 radical (unpaired) electrons. The molecule has 0 saturated heterocycles. The largest absolute Gasteiger partial charge is 0.393 e. The van der Waals surface area contributed by atoms with Gasteiger partial charge in [-0.15, -0.1) is 0 Å². The molecule has 0 spiro atoms. The van der Waals surface area contributed by atoms with Gasteiger partial charge in [0.15, 0.2) is 0 Å². The minimum absolute atomic E-state index is 0.0710. The normalized spacial score (nSPS) is 38.8. The van der Waals surface area contributed by atoms with Crippen molar-refractivity contribution >= 4 is 27.1 Å². The van der Waals surface area contributed by atoms with Gasteiger partial charge in [0.05, 0.1) is 21.3 Å². The number of aliphatic hydroxyl groups excluding tert-OH is 1. The maximum absolute atomic E-state index is 14.8. The van der Waals surface area contributed by atoms with Crippen molar-refractivity contribution < 1.29 is 18.3 Å². The van der Waals surface area contributed by atoms with Gasteiger partial charge in [-0.05, 0) is 184 Å². The Labute approximate surface area is 319 Å². The number of hydrogen-bond acceptors (Lipinski definition) is 6. The van der Waals surface area contributed by atoms with Crippen LogP contribution >= 0.6 is 0 Å². The van der Waals surface area contributed by atoms with E-state index in [-0.39, 0.29) is 49.4 Å². The molecule has 0 aromatic heterocycles. The zero-order chi connectivity index (χ0) is 38.2. The van der Waals surface area contributed by atoms with E-state index in [1.807, 2.05) is 0 Å². The van der Waals surface area contributed by atoms with E-state index in [1.165, 1.54) is 24.8 Å². The summed E-state index contributed by atoms with van der Waals surface area (Å²) in [5.41, 5.74) is 8.24. The molecule has 0 heterocycles. The van der Waals surface area contributed by atoms with E-state index in [0.29, 0.717) is 35.9 Å². The van der Waals surface area contributed by atoms with Gasteiger partial charge < -0.3 is 21.5 Å². The minimum Gasteiger partial charge on any atom is -0.393 e. The van der Waals surface area contributed by atoms with Crippen molar-refractivity contribution in [2.45, 2.75) is 128 Å². The Hall–Kier alpha value is -2.68. The molecule has 2 aromatic rings. The zero-order valence-corrected chi connectivity index (χ0v) is 34.0. The Bertz CT molecular complexity index is 1820. The van der Waals surface area contributed by atoms with Crippen LogP contribution in [0, 0.1) is 56.7 Å². The first-order valence-electron chi connectivity index (χ1n) is 20.5. The van der Waals surface area contributed by atoms with Gasteiger partial charge in [-0.2, -0.15) is 0 Å². The summed E-state index contributed by atoms with van der Waals surface area (Å²) in [6.45, 7) is 20.4. The Balaban J connectivity index is 1.12. The SMILES string of the molecule is C=C(C)[C@@H]1CC[C@]2(C(=O)Nc3ccc(S(=O)(=O)c4ccc(NCCCN)cc4)cc3)CC[C@]3(C)[C@H](CC[C@@H]4[C@@]5(C)CC[C@H](O)C(C)(C)[C@@H]5CC[C@]43C)[C@@H]12. The molecule has 2 aromatic carbocycles. The lowest BCUT2D eigenvalue weighted by molar-refractivity contribution is -0.246. The van der Waals surface area contributed by atoms with Crippen LogP contribution in [-0.4, -0.2) is 38.6 Å². The highest BCUT2D eigenvalue weighted by Crippen LogP contribution is 2.77. The van der Waals surface area contributed by atoms with E-state index in [0.717, 1.165) is 63.6 Å². The molecule has 10 atom stereocenters. The summed E-state index contributed by atoms with van der Waals surface area (Å²) in [5.74, 6) is 2.21. The highest BCUT2D eigenvalue weighted by molar-refractivity contribution is 7.91. The fourth-order valence-corrected chi connectivity index (χ4v) is 15.0. The summed E-state index contributed by atoms with van der Waals surface area (Å²) < 4.78 is 27.1. The molecule has 290 valence electrons. The van der Waals surface area contributed by atoms with Crippen LogP contribution in [0.2, 0.25) is 0 Å². The third-order valence-electron chi connectivity index (χ3n) is 16.8. The molecule has 1 amide bonds. The van der Waals surface area contributed by atoms with E-state index in [2.05, 4.69) is 58.8 Å². The smallest absolute Gasteiger partial charge is 0.230 e. The number of amides is 1. The first-order chi connectivity index (χ1) is 25.0. The molecule has 5 aliphatic rings. The van der Waals surface area contributed by atoms with Crippen molar-refractivity contribution in [1.82, 2.24) is 0 Å². The van der Waals surface area contributed by atoms with Crippen LogP contribution in [0.4, 0.5) is 11.4 Å². The second kappa shape index (κ2) is 13.5. The number of hydrogen-bond donors (Lipinski definition) is 4. The maximum Gasteiger partial charge on any atom is 0.230 e. The fourth-order valence-electron chi connectivity index (χ4n) is 13.7. The van der Waals surface area contributed by atoms with Crippen LogP contribution in [0.3, 0.4) is 0 Å². The van der Waals surface area contributed by atoms with Gasteiger partial charge in [0.1, 0.15) is 0 Å². The summed E-state index contributed by atoms with van der Waals surface area (Å²) in [7, 11) is -3.72. The van der Waals surface area contributed by atoms with Crippen LogP contribution in [0.25, 0.3) is 0 Å². The number of aliphatic hydroxyl groups is 1. The predicted octanol–water partition coefficient (Wildman–Crippen LogP) is 9.24. The predicted molar refractivity (Wildman–Crippen MR) is 214 cm³/mol. The zero-order valence-electron chi connectivity index (χ0n) is 33.1. The second-order valence-electron chi connectivity index (χ2n) is 19.3. The number of carbonyl (C=O) groups excluding carboxylic acids is 1. The van der Waals surface area contributed by atoms with Gasteiger partial charge in [-0.3, -0.25) is 4.79 Å². The maximum atomic E-state index is 14.8. The van der Waals surface area contributed by atoms with Crippen molar-refractivity contribution in [3.05, 3.63) is 60.7 Å². The lowest BCUT2D eigenvalue weighted by Gasteiger charge is -2.72. The molecular weight excluding hydrogens is 679 g/mol. The molecule has 8 heteroatoms. The highest BCUT2D eigenvalue weighted by Gasteiger charge is 2.71. The number of benzene rings is 2. The topological polar surface area (TPSA) is 122 Å². The summed E-state index contributed by atoms with van der Waals surface area (Å²) in [4.78, 5) is 15.2. The minimum atomic E-state index is -3.72. The number of allylic oxidation sites excluding steroid dienone is 1. The van der Waals surface area contributed by atoms with E-state index >= 15 is 0 Å². The average molecular weight is 744 g/mol. The Kier molecular flexibility index (Phi) is 9.84. The van der Waals surface area contributed by atoms with Crippen LogP contribution in [0.5, 0.6) is 0 Å². The summed E-state index contributed by atoms with van der Waals surface area (Å²) >= 11 is 0. The van der Waals surface area contributed by atoms with Crippen LogP contribution in [0.1, 0.15) is 112 Å². The third-order valence-corrected chi connectivity index (χ3v) is 18.6. The quantitative estimate of drug-likeness (QED) is 0.150. The van der Waals surface area contributed by atoms with E-state index in [4.69, 9.17) is 5.73 Å². The number of nitrogens with one attached hydrogen (secondary N) is 2. The molecule has 5 aliphatic carbocycles. The molecule has 0 aliphatic heterocycles. The van der Waals surface area contributed by atoms with Gasteiger partial charge in [0.2, 0.25) is 15.7 Å². The van der Waals surface area contributed by atoms with Gasteiger partial charge in [0, 0.05) is 17.9 Å². The van der Waals surface area contributed by atoms with Crippen molar-refractivity contribution in [1.29, 1.82) is 0 Å². The molecule has 53 heavy (non-hydrogen) atoms. The Morgan fingerprint density at radius 2 is 1.45 bits per heavy atom. The number of fused-ring (bicyclic) bond motifs is 7. The van der Waals surface area contributed by atoms with E-state index < -0.39 is 15.3 Å². The first kappa shape index (κ1) is 38.6. The standard InChI is InChI=1S/C45H65N3O4S/c1-29(2)34-19-24-45(40(50)48-31-11-15-33(16-12-31)53(51,52)32-13-9-30(10-14-32)47-28-8-27-46)26-25-43(6)35(39(34)45)17-18-37-42(5)22-21-38(49)41(3,4)36(42)20-23-44(37,43)7/h9-16,34-39,47,49H,1,8,17-28,46H2,2-7H3,(H,48,50)/t34-,35+,36-,37+,38-,39+,42-,43+,44+,45-/m0/s1. The van der Waals surface area contributed by atoms with Gasteiger partial charge in [-0.1, -0.05) is 46.8 Å². The molecule has 7 rings (SSSR count). The van der Waals surface area contributed by atoms with Crippen LogP contribution in [-0.2, 0) is 14.6 Å². The lowest BCUT2D eigenvalue weighted by atomic mass is 9.32. The number of anilines is 2. The van der Waals surface area contributed by atoms with Crippen molar-refractivity contribution in [2.75, 3.05) is 23.7 Å². The van der Waals surface area contributed by atoms with E-state index in [9.17, 15) is 18.3 Å². The number of sulfone groups is 1. The molecule has 5 fully saturated rings. The Morgan fingerprint density at radius 3 is 2.08 bits per heavy atom. The van der Waals surface area contributed by atoms with Gasteiger partial charge >= 0.3 is 0 Å². The molecule has 5 saturated carbocycles. The molecule has 7 nitrogen and oxygen atoms in total. The highest BCUT2D eigenvalue weighted by atomic mass is 32.2. The average Bonchev–Trinajstić information content (AvgIpc) is 3.53. The molecular formula is C45H65N3O4S. The van der Waals surface area contributed by atoms with Crippen LogP contribution < -0.4 is 16.4 Å². The number of carbonyl (C=O) groups is 1. The van der Waals surface area contributed by atoms with Gasteiger partial charge in [0.25, 0.3) is 0 Å². The van der Waals surface area contributed by atoms with Crippen molar-refractivity contribution in [3.63, 3.8) is 0 Å². The summed E-state index contributed by atoms with van der Waals surface area (Å²) in [6, 6.07) is 13.5. The molecule has 0 bridgehead atoms. The lowest BCUT2D eigenvalue weighted by Crippen LogP contribution is -2.67. The fraction of sp³-hybridized carbons (Fsp3) is 0.667. The molecule has 0 unspecified atom stereocenters. The number of rotatable bonds is 9. The van der Waals surface area contributed by atoms with Crippen molar-refractivity contribution in [2.24, 2.45) is 62.4 Å². The second-order valence-corrected chi connectivity index (χ2v) is 21.2. The summed E-state index contributed by atoms with van der Waals surface area (Å²) in [6.07, 6.45) is 11.1. The third kappa shape index (κ3) is 5.86.